The number of carbonyl (C=O) groups is 2. The van der Waals surface area contributed by atoms with Crippen molar-refractivity contribution >= 4 is 11.8 Å². The lowest BCUT2D eigenvalue weighted by atomic mass is 10.1. The Morgan fingerprint density at radius 2 is 1.81 bits per heavy atom. The second-order valence-corrected chi connectivity index (χ2v) is 6.20. The van der Waals surface area contributed by atoms with Crippen LogP contribution in [-0.2, 0) is 0 Å². The van der Waals surface area contributed by atoms with Crippen LogP contribution >= 0.6 is 0 Å². The SMILES string of the molecule is Cc1noc(C(C)C)c1C(=O)NNC(=O)c1cncn1-c1ccc(F)cc1. The van der Waals surface area contributed by atoms with Crippen molar-refractivity contribution in [1.82, 2.24) is 25.6 Å². The molecule has 27 heavy (non-hydrogen) atoms. The Kier molecular flexibility index (Phi) is 5.02. The molecule has 0 aliphatic carbocycles. The Bertz CT molecular complexity index is 975. The number of hydrogen-bond acceptors (Lipinski definition) is 5. The molecule has 3 rings (SSSR count). The van der Waals surface area contributed by atoms with E-state index >= 15 is 0 Å². The summed E-state index contributed by atoms with van der Waals surface area (Å²) in [5.74, 6) is -1.09. The molecule has 2 aromatic heterocycles. The smallest absolute Gasteiger partial charge is 0.288 e. The van der Waals surface area contributed by atoms with Crippen molar-refractivity contribution in [1.29, 1.82) is 0 Å². The van der Waals surface area contributed by atoms with Crippen molar-refractivity contribution in [2.45, 2.75) is 26.7 Å². The molecule has 1 aromatic carbocycles. The Morgan fingerprint density at radius 1 is 1.15 bits per heavy atom. The molecular weight excluding hydrogens is 353 g/mol. The van der Waals surface area contributed by atoms with E-state index in [0.29, 0.717) is 17.1 Å². The van der Waals surface area contributed by atoms with E-state index in [2.05, 4.69) is 21.0 Å². The number of nitrogens with one attached hydrogen (secondary N) is 2. The van der Waals surface area contributed by atoms with Crippen molar-refractivity contribution in [3.63, 3.8) is 0 Å². The molecule has 8 nitrogen and oxygen atoms in total. The molecule has 2 heterocycles. The fourth-order valence-electron chi connectivity index (χ4n) is 2.57. The number of imidazole rings is 1. The van der Waals surface area contributed by atoms with Crippen LogP contribution in [0.2, 0.25) is 0 Å². The summed E-state index contributed by atoms with van der Waals surface area (Å²) < 4.78 is 19.7. The van der Waals surface area contributed by atoms with Gasteiger partial charge in [0.1, 0.15) is 17.1 Å². The number of aromatic nitrogens is 3. The van der Waals surface area contributed by atoms with E-state index in [1.165, 1.54) is 41.4 Å². The van der Waals surface area contributed by atoms with Gasteiger partial charge in [-0.25, -0.2) is 9.37 Å². The third-order valence-electron chi connectivity index (χ3n) is 3.91. The lowest BCUT2D eigenvalue weighted by molar-refractivity contribution is 0.0841. The first-order chi connectivity index (χ1) is 12.9. The van der Waals surface area contributed by atoms with Gasteiger partial charge in [0, 0.05) is 11.6 Å². The maximum atomic E-state index is 13.1. The number of amides is 2. The third-order valence-corrected chi connectivity index (χ3v) is 3.91. The second kappa shape index (κ2) is 7.40. The largest absolute Gasteiger partial charge is 0.360 e. The number of carbonyl (C=O) groups excluding carboxylic acids is 2. The average Bonchev–Trinajstić information content (AvgIpc) is 3.27. The van der Waals surface area contributed by atoms with Crippen molar-refractivity contribution in [3.05, 3.63) is 65.3 Å². The average molecular weight is 371 g/mol. The van der Waals surface area contributed by atoms with Gasteiger partial charge in [-0.15, -0.1) is 0 Å². The number of halogens is 1. The Hall–Kier alpha value is -3.49. The van der Waals surface area contributed by atoms with Crippen LogP contribution in [0.3, 0.4) is 0 Å². The highest BCUT2D eigenvalue weighted by Crippen LogP contribution is 2.21. The van der Waals surface area contributed by atoms with E-state index in [4.69, 9.17) is 4.52 Å². The highest BCUT2D eigenvalue weighted by atomic mass is 19.1. The lowest BCUT2D eigenvalue weighted by Crippen LogP contribution is -2.42. The van der Waals surface area contributed by atoms with Crippen LogP contribution in [0, 0.1) is 12.7 Å². The summed E-state index contributed by atoms with van der Waals surface area (Å²) in [6.45, 7) is 5.39. The van der Waals surface area contributed by atoms with Gasteiger partial charge in [0.25, 0.3) is 11.8 Å². The van der Waals surface area contributed by atoms with Gasteiger partial charge in [0.2, 0.25) is 0 Å². The molecular formula is C18H18FN5O3. The molecule has 0 saturated carbocycles. The molecule has 0 aliphatic rings. The van der Waals surface area contributed by atoms with E-state index in [0.717, 1.165) is 0 Å². The second-order valence-electron chi connectivity index (χ2n) is 6.20. The van der Waals surface area contributed by atoms with Crippen LogP contribution in [-0.4, -0.2) is 26.5 Å². The lowest BCUT2D eigenvalue weighted by Gasteiger charge is -2.10. The molecule has 0 atom stereocenters. The zero-order valence-electron chi connectivity index (χ0n) is 15.0. The van der Waals surface area contributed by atoms with Crippen molar-refractivity contribution in [3.8, 4) is 5.69 Å². The molecule has 0 radical (unpaired) electrons. The fraction of sp³-hybridized carbons (Fsp3) is 0.222. The Labute approximate surface area is 154 Å². The molecule has 0 aliphatic heterocycles. The zero-order chi connectivity index (χ0) is 19.6. The molecule has 0 bridgehead atoms. The number of hydrazine groups is 1. The van der Waals surface area contributed by atoms with Gasteiger partial charge in [-0.1, -0.05) is 19.0 Å². The van der Waals surface area contributed by atoms with E-state index in [-0.39, 0.29) is 23.0 Å². The number of nitrogens with zero attached hydrogens (tertiary/aromatic N) is 3. The molecule has 0 spiro atoms. The number of benzene rings is 1. The summed E-state index contributed by atoms with van der Waals surface area (Å²) in [6.07, 6.45) is 2.76. The minimum Gasteiger partial charge on any atom is -0.360 e. The summed E-state index contributed by atoms with van der Waals surface area (Å²) in [7, 11) is 0. The molecule has 140 valence electrons. The summed E-state index contributed by atoms with van der Waals surface area (Å²) in [5.41, 5.74) is 6.16. The van der Waals surface area contributed by atoms with Gasteiger partial charge in [-0.2, -0.15) is 0 Å². The monoisotopic (exact) mass is 371 g/mol. The summed E-state index contributed by atoms with van der Waals surface area (Å²) >= 11 is 0. The molecule has 0 fully saturated rings. The van der Waals surface area contributed by atoms with Crippen molar-refractivity contribution in [2.75, 3.05) is 0 Å². The molecule has 9 heteroatoms. The van der Waals surface area contributed by atoms with Crippen molar-refractivity contribution < 1.29 is 18.5 Å². The molecule has 0 unspecified atom stereocenters. The van der Waals surface area contributed by atoms with Crippen molar-refractivity contribution in [2.24, 2.45) is 0 Å². The first-order valence-corrected chi connectivity index (χ1v) is 8.23. The summed E-state index contributed by atoms with van der Waals surface area (Å²) in [4.78, 5) is 28.8. The van der Waals surface area contributed by atoms with Crippen LogP contribution in [0.15, 0.2) is 41.3 Å². The van der Waals surface area contributed by atoms with Crippen LogP contribution in [0.25, 0.3) is 5.69 Å². The van der Waals surface area contributed by atoms with E-state index in [1.54, 1.807) is 6.92 Å². The Morgan fingerprint density at radius 3 is 2.48 bits per heavy atom. The highest BCUT2D eigenvalue weighted by Gasteiger charge is 2.23. The zero-order valence-corrected chi connectivity index (χ0v) is 15.0. The number of hydrogen-bond donors (Lipinski definition) is 2. The fourth-order valence-corrected chi connectivity index (χ4v) is 2.57. The van der Waals surface area contributed by atoms with Crippen LogP contribution < -0.4 is 10.9 Å². The molecule has 2 N–H and O–H groups in total. The first-order valence-electron chi connectivity index (χ1n) is 8.23. The topological polar surface area (TPSA) is 102 Å². The van der Waals surface area contributed by atoms with E-state index in [1.807, 2.05) is 13.8 Å². The number of aryl methyl sites for hydroxylation is 1. The van der Waals surface area contributed by atoms with Gasteiger partial charge < -0.3 is 4.52 Å². The van der Waals surface area contributed by atoms with Gasteiger partial charge >= 0.3 is 0 Å². The standard InChI is InChI=1S/C18H18FN5O3/c1-10(2)16-15(11(3)23-27-16)18(26)22-21-17(25)14-8-20-9-24(14)13-6-4-12(19)5-7-13/h4-10H,1-3H3,(H,21,25)(H,22,26). The highest BCUT2D eigenvalue weighted by molar-refractivity contribution is 5.99. The maximum absolute atomic E-state index is 13.1. The molecule has 2 amide bonds. The predicted octanol–water partition coefficient (Wildman–Crippen LogP) is 2.51. The number of rotatable bonds is 4. The molecule has 3 aromatic rings. The van der Waals surface area contributed by atoms with Gasteiger partial charge in [0.15, 0.2) is 5.76 Å². The predicted molar refractivity (Wildman–Crippen MR) is 93.8 cm³/mol. The summed E-state index contributed by atoms with van der Waals surface area (Å²) in [6, 6.07) is 5.59. The molecule has 0 saturated heterocycles. The van der Waals surface area contributed by atoms with Gasteiger partial charge in [-0.3, -0.25) is 25.0 Å². The maximum Gasteiger partial charge on any atom is 0.288 e. The van der Waals surface area contributed by atoms with Gasteiger partial charge in [-0.05, 0) is 31.2 Å². The normalized spacial score (nSPS) is 10.9. The van der Waals surface area contributed by atoms with Crippen LogP contribution in [0.5, 0.6) is 0 Å². The van der Waals surface area contributed by atoms with Crippen LogP contribution in [0.4, 0.5) is 4.39 Å². The van der Waals surface area contributed by atoms with E-state index in [9.17, 15) is 14.0 Å². The Balaban J connectivity index is 1.74. The van der Waals surface area contributed by atoms with E-state index < -0.39 is 11.8 Å². The summed E-state index contributed by atoms with van der Waals surface area (Å²) in [5, 5.41) is 3.80. The van der Waals surface area contributed by atoms with Crippen LogP contribution in [0.1, 0.15) is 52.1 Å². The minimum absolute atomic E-state index is 0.0393. The van der Waals surface area contributed by atoms with Gasteiger partial charge in [0.05, 0.1) is 18.2 Å². The quantitative estimate of drug-likeness (QED) is 0.686. The first kappa shape index (κ1) is 18.3. The minimum atomic E-state index is -0.578. The third kappa shape index (κ3) is 3.71.